The van der Waals surface area contributed by atoms with Gasteiger partial charge in [0, 0.05) is 3.92 Å². The van der Waals surface area contributed by atoms with Gasteiger partial charge in [0.2, 0.25) is 0 Å². The molecule has 0 bridgehead atoms. The average Bonchev–Trinajstić information content (AvgIpc) is 2.54. The molecule has 0 aliphatic rings. The van der Waals surface area contributed by atoms with E-state index < -0.39 is 22.6 Å². The average molecular weight is 509 g/mol. The molecule has 1 aromatic carbocycles. The van der Waals surface area contributed by atoms with Crippen molar-refractivity contribution in [2.75, 3.05) is 0 Å². The molecular formula is C18H26ClF3IOP. The summed E-state index contributed by atoms with van der Waals surface area (Å²) in [7, 11) is 2.16. The summed E-state index contributed by atoms with van der Waals surface area (Å²) in [6, 6.07) is 2.66. The van der Waals surface area contributed by atoms with Gasteiger partial charge in [0.15, 0.2) is 0 Å². The van der Waals surface area contributed by atoms with Crippen molar-refractivity contribution in [2.45, 2.75) is 68.6 Å². The fourth-order valence-corrected chi connectivity index (χ4v) is 3.95. The first-order valence-corrected chi connectivity index (χ1v) is 10.8. The molecule has 1 rings (SSSR count). The zero-order chi connectivity index (χ0) is 19.2. The van der Waals surface area contributed by atoms with Crippen LogP contribution in [0.5, 0.6) is 5.75 Å². The Labute approximate surface area is 169 Å². The molecule has 0 saturated carbocycles. The van der Waals surface area contributed by atoms with E-state index in [1.54, 1.807) is 0 Å². The number of hydrogen-bond donors (Lipinski definition) is 0. The second-order valence-corrected chi connectivity index (χ2v) is 9.58. The molecule has 1 nitrogen and oxygen atoms in total. The van der Waals surface area contributed by atoms with E-state index >= 15 is 0 Å². The van der Waals surface area contributed by atoms with Crippen molar-refractivity contribution in [1.29, 1.82) is 0 Å². The van der Waals surface area contributed by atoms with Gasteiger partial charge in [0.05, 0.1) is 5.66 Å². The number of halogens is 5. The summed E-state index contributed by atoms with van der Waals surface area (Å²) in [4.78, 5) is 0. The van der Waals surface area contributed by atoms with Crippen molar-refractivity contribution in [3.05, 3.63) is 28.5 Å². The van der Waals surface area contributed by atoms with Gasteiger partial charge < -0.3 is 4.74 Å². The van der Waals surface area contributed by atoms with Gasteiger partial charge in [-0.15, -0.1) is 9.24 Å². The lowest BCUT2D eigenvalue weighted by molar-refractivity contribution is -0.176. The summed E-state index contributed by atoms with van der Waals surface area (Å²) in [6.45, 7) is 5.81. The Balaban J connectivity index is 2.64. The number of hydrogen-bond acceptors (Lipinski definition) is 1. The number of benzene rings is 1. The van der Waals surface area contributed by atoms with Crippen molar-refractivity contribution < 1.29 is 17.9 Å². The maximum absolute atomic E-state index is 14.3. The molecule has 0 aliphatic carbocycles. The first kappa shape index (κ1) is 23.3. The summed E-state index contributed by atoms with van der Waals surface area (Å²) in [5, 5.41) is -0.404. The third kappa shape index (κ3) is 7.06. The van der Waals surface area contributed by atoms with Crippen molar-refractivity contribution in [3.63, 3.8) is 0 Å². The zero-order valence-electron chi connectivity index (χ0n) is 14.8. The zero-order valence-corrected chi connectivity index (χ0v) is 18.9. The summed E-state index contributed by atoms with van der Waals surface area (Å²) in [5.74, 6) is -0.515. The minimum atomic E-state index is -3.42. The highest BCUT2D eigenvalue weighted by Gasteiger charge is 2.40. The van der Waals surface area contributed by atoms with Crippen LogP contribution in [-0.4, -0.2) is 15.7 Å². The van der Waals surface area contributed by atoms with Gasteiger partial charge >= 0.3 is 6.11 Å². The van der Waals surface area contributed by atoms with E-state index in [2.05, 4.69) is 45.7 Å². The molecular weight excluding hydrogens is 483 g/mol. The normalized spacial score (nSPS) is 15.7. The molecule has 0 aliphatic heterocycles. The molecule has 0 heterocycles. The highest BCUT2D eigenvalue weighted by molar-refractivity contribution is 14.1. The molecule has 7 heteroatoms. The van der Waals surface area contributed by atoms with Crippen LogP contribution in [0.2, 0.25) is 5.02 Å². The van der Waals surface area contributed by atoms with Gasteiger partial charge in [-0.25, -0.2) is 4.39 Å². The van der Waals surface area contributed by atoms with Crippen LogP contribution < -0.4 is 4.74 Å². The first-order chi connectivity index (χ1) is 11.6. The van der Waals surface area contributed by atoms with Crippen LogP contribution in [0.4, 0.5) is 13.2 Å². The van der Waals surface area contributed by atoms with Gasteiger partial charge in [0.25, 0.3) is 0 Å². The van der Waals surface area contributed by atoms with Gasteiger partial charge in [-0.1, -0.05) is 66.9 Å². The minimum Gasteiger partial charge on any atom is -0.430 e. The fourth-order valence-electron chi connectivity index (χ4n) is 2.67. The number of rotatable bonds is 10. The Morgan fingerprint density at radius 2 is 1.92 bits per heavy atom. The highest BCUT2D eigenvalue weighted by Crippen LogP contribution is 2.37. The maximum atomic E-state index is 14.3. The van der Waals surface area contributed by atoms with Crippen molar-refractivity contribution >= 4 is 43.4 Å². The van der Waals surface area contributed by atoms with Crippen LogP contribution in [0.1, 0.15) is 51.5 Å². The second-order valence-electron chi connectivity index (χ2n) is 6.44. The number of alkyl halides is 3. The minimum absolute atomic E-state index is 0.290. The highest BCUT2D eigenvalue weighted by atomic mass is 127. The van der Waals surface area contributed by atoms with Crippen LogP contribution in [0, 0.1) is 18.7 Å². The lowest BCUT2D eigenvalue weighted by atomic mass is 9.94. The summed E-state index contributed by atoms with van der Waals surface area (Å²) in [6.07, 6.45) is 0.704. The lowest BCUT2D eigenvalue weighted by Crippen LogP contribution is -2.35. The van der Waals surface area contributed by atoms with E-state index in [-0.39, 0.29) is 11.3 Å². The molecule has 4 atom stereocenters. The van der Waals surface area contributed by atoms with Gasteiger partial charge in [-0.2, -0.15) is 8.78 Å². The Hall–Kier alpha value is 0.260. The molecule has 0 radical (unpaired) electrons. The molecule has 0 amide bonds. The molecule has 144 valence electrons. The first-order valence-electron chi connectivity index (χ1n) is 8.51. The topological polar surface area (TPSA) is 9.23 Å². The molecule has 0 saturated heterocycles. The van der Waals surface area contributed by atoms with Gasteiger partial charge in [-0.3, -0.25) is 0 Å². The van der Waals surface area contributed by atoms with Crippen LogP contribution in [0.3, 0.4) is 0 Å². The molecule has 0 fully saturated rings. The molecule has 0 spiro atoms. The monoisotopic (exact) mass is 508 g/mol. The Kier molecular flexibility index (Phi) is 9.84. The Bertz CT molecular complexity index is 557. The molecule has 0 aromatic heterocycles. The van der Waals surface area contributed by atoms with E-state index in [1.165, 1.54) is 19.1 Å². The smallest absolute Gasteiger partial charge is 0.404 e. The predicted octanol–water partition coefficient (Wildman–Crippen LogP) is 7.41. The van der Waals surface area contributed by atoms with Crippen molar-refractivity contribution in [3.8, 4) is 5.75 Å². The lowest BCUT2D eigenvalue weighted by Gasteiger charge is -2.26. The summed E-state index contributed by atoms with van der Waals surface area (Å²) >= 11 is 8.18. The number of ether oxygens (including phenoxy) is 1. The van der Waals surface area contributed by atoms with E-state index in [0.29, 0.717) is 22.7 Å². The van der Waals surface area contributed by atoms with Gasteiger partial charge in [0.1, 0.15) is 16.6 Å². The Morgan fingerprint density at radius 1 is 1.28 bits per heavy atom. The van der Waals surface area contributed by atoms with E-state index in [0.717, 1.165) is 19.3 Å². The molecule has 4 unspecified atom stereocenters. The standard InChI is InChI=1S/C18H26ClF3IOP/c1-4-6-13(12(3)23)7-5-8-15(25)18(21,22)24-14-10-9-11(2)17(20)16(14)19/h9-10,12-13,15H,4-8,25H2,1-3H3. The fraction of sp³-hybridized carbons (Fsp3) is 0.667. The second kappa shape index (κ2) is 10.6. The van der Waals surface area contributed by atoms with Crippen LogP contribution >= 0.6 is 43.4 Å². The van der Waals surface area contributed by atoms with Crippen LogP contribution in [-0.2, 0) is 0 Å². The van der Waals surface area contributed by atoms with E-state index in [1.807, 2.05) is 0 Å². The maximum Gasteiger partial charge on any atom is 0.404 e. The van der Waals surface area contributed by atoms with E-state index in [4.69, 9.17) is 16.3 Å². The van der Waals surface area contributed by atoms with Gasteiger partial charge in [-0.05, 0) is 43.7 Å². The quantitative estimate of drug-likeness (QED) is 0.182. The largest absolute Gasteiger partial charge is 0.430 e. The Morgan fingerprint density at radius 3 is 2.48 bits per heavy atom. The molecule has 0 N–H and O–H groups in total. The molecule has 1 aromatic rings. The predicted molar refractivity (Wildman–Crippen MR) is 111 cm³/mol. The van der Waals surface area contributed by atoms with Crippen molar-refractivity contribution in [2.24, 2.45) is 5.92 Å². The van der Waals surface area contributed by atoms with Crippen LogP contribution in [0.25, 0.3) is 0 Å². The third-order valence-electron chi connectivity index (χ3n) is 4.32. The summed E-state index contributed by atoms with van der Waals surface area (Å²) < 4.78 is 47.7. The summed E-state index contributed by atoms with van der Waals surface area (Å²) in [5.41, 5.74) is -0.766. The molecule has 25 heavy (non-hydrogen) atoms. The van der Waals surface area contributed by atoms with Crippen molar-refractivity contribution in [1.82, 2.24) is 0 Å². The van der Waals surface area contributed by atoms with E-state index in [9.17, 15) is 13.2 Å². The SMILES string of the molecule is CCCC(CCCC(P)C(F)(F)Oc1ccc(C)c(F)c1Cl)C(C)I. The number of aryl methyl sites for hydroxylation is 1. The third-order valence-corrected chi connectivity index (χ3v) is 6.41. The van der Waals surface area contributed by atoms with Crippen LogP contribution in [0.15, 0.2) is 12.1 Å².